The van der Waals surface area contributed by atoms with Crippen molar-refractivity contribution in [2.24, 2.45) is 11.8 Å². The van der Waals surface area contributed by atoms with Crippen LogP contribution in [0.25, 0.3) is 0 Å². The van der Waals surface area contributed by atoms with Crippen molar-refractivity contribution < 1.29 is 0 Å². The Kier molecular flexibility index (Phi) is 2.48. The van der Waals surface area contributed by atoms with E-state index < -0.39 is 0 Å². The topological polar surface area (TPSA) is 37.8 Å². The zero-order valence-corrected chi connectivity index (χ0v) is 9.56. The van der Waals surface area contributed by atoms with E-state index in [9.17, 15) is 0 Å². The van der Waals surface area contributed by atoms with E-state index in [2.05, 4.69) is 27.4 Å². The lowest BCUT2D eigenvalue weighted by Gasteiger charge is -2.40. The van der Waals surface area contributed by atoms with E-state index in [0.717, 1.165) is 29.8 Å². The molecule has 3 rings (SSSR count). The van der Waals surface area contributed by atoms with Gasteiger partial charge in [0, 0.05) is 25.0 Å². The van der Waals surface area contributed by atoms with Gasteiger partial charge >= 0.3 is 0 Å². The molecule has 1 aromatic rings. The highest BCUT2D eigenvalue weighted by molar-refractivity contribution is 5.13. The van der Waals surface area contributed by atoms with Crippen LogP contribution in [0.5, 0.6) is 0 Å². The second-order valence-electron chi connectivity index (χ2n) is 4.87. The Bertz CT molecular complexity index is 396. The maximum absolute atomic E-state index is 4.35. The van der Waals surface area contributed by atoms with Crippen LogP contribution < -0.4 is 5.32 Å². The maximum atomic E-state index is 4.35. The quantitative estimate of drug-likeness (QED) is 0.782. The van der Waals surface area contributed by atoms with Gasteiger partial charge in [0.25, 0.3) is 0 Å². The van der Waals surface area contributed by atoms with Crippen molar-refractivity contribution in [1.82, 2.24) is 15.3 Å². The third-order valence-electron chi connectivity index (χ3n) is 3.74. The lowest BCUT2D eigenvalue weighted by atomic mass is 9.71. The van der Waals surface area contributed by atoms with Gasteiger partial charge in [-0.2, -0.15) is 0 Å². The van der Waals surface area contributed by atoms with E-state index in [1.54, 1.807) is 0 Å². The number of aryl methyl sites for hydroxylation is 1. The Labute approximate surface area is 96.0 Å². The summed E-state index contributed by atoms with van der Waals surface area (Å²) in [5, 5.41) is 3.57. The van der Waals surface area contributed by atoms with Crippen molar-refractivity contribution in [1.29, 1.82) is 0 Å². The Hall–Kier alpha value is -1.22. The van der Waals surface area contributed by atoms with E-state index in [1.165, 1.54) is 12.8 Å². The zero-order valence-electron chi connectivity index (χ0n) is 9.56. The third kappa shape index (κ3) is 1.76. The van der Waals surface area contributed by atoms with Crippen molar-refractivity contribution in [3.8, 4) is 0 Å². The van der Waals surface area contributed by atoms with Crippen molar-refractivity contribution >= 4 is 0 Å². The van der Waals surface area contributed by atoms with Crippen molar-refractivity contribution in [3.05, 3.63) is 35.9 Å². The molecule has 1 heterocycles. The van der Waals surface area contributed by atoms with Gasteiger partial charge in [-0.3, -0.25) is 9.97 Å². The Morgan fingerprint density at radius 3 is 3.06 bits per heavy atom. The minimum absolute atomic E-state index is 0.659. The average Bonchev–Trinajstić information content (AvgIpc) is 2.63. The van der Waals surface area contributed by atoms with Crippen LogP contribution in [0.1, 0.15) is 24.2 Å². The molecule has 1 saturated carbocycles. The predicted octanol–water partition coefficient (Wildman–Crippen LogP) is 1.84. The van der Waals surface area contributed by atoms with E-state index in [4.69, 9.17) is 0 Å². The molecular weight excluding hydrogens is 198 g/mol. The summed E-state index contributed by atoms with van der Waals surface area (Å²) in [5.74, 6) is 1.69. The van der Waals surface area contributed by atoms with Gasteiger partial charge in [0.15, 0.2) is 0 Å². The van der Waals surface area contributed by atoms with Crippen molar-refractivity contribution in [2.45, 2.75) is 32.4 Å². The molecule has 0 aliphatic heterocycles. The molecule has 0 aromatic carbocycles. The second kappa shape index (κ2) is 3.98. The molecule has 3 atom stereocenters. The van der Waals surface area contributed by atoms with E-state index in [1.807, 2.05) is 19.3 Å². The summed E-state index contributed by atoms with van der Waals surface area (Å²) >= 11 is 0. The van der Waals surface area contributed by atoms with Gasteiger partial charge in [0.1, 0.15) is 0 Å². The first-order chi connectivity index (χ1) is 7.83. The third-order valence-corrected chi connectivity index (χ3v) is 3.74. The number of hydrogen-bond donors (Lipinski definition) is 1. The first-order valence-electron chi connectivity index (χ1n) is 6.00. The molecule has 84 valence electrons. The second-order valence-corrected chi connectivity index (χ2v) is 4.87. The molecule has 1 N–H and O–H groups in total. The molecule has 3 unspecified atom stereocenters. The number of hydrogen-bond acceptors (Lipinski definition) is 3. The molecule has 3 heteroatoms. The molecule has 2 aliphatic rings. The number of allylic oxidation sites excluding steroid dienone is 1. The van der Waals surface area contributed by atoms with Crippen LogP contribution in [-0.4, -0.2) is 16.0 Å². The van der Waals surface area contributed by atoms with Crippen LogP contribution in [0.2, 0.25) is 0 Å². The van der Waals surface area contributed by atoms with Crippen LogP contribution in [-0.2, 0) is 6.54 Å². The molecule has 3 nitrogen and oxygen atoms in total. The van der Waals surface area contributed by atoms with Crippen molar-refractivity contribution in [2.75, 3.05) is 0 Å². The van der Waals surface area contributed by atoms with E-state index in [-0.39, 0.29) is 0 Å². The summed E-state index contributed by atoms with van der Waals surface area (Å²) in [4.78, 5) is 8.60. The number of nitrogens with one attached hydrogen (secondary N) is 1. The summed E-state index contributed by atoms with van der Waals surface area (Å²) in [6.45, 7) is 2.80. The van der Waals surface area contributed by atoms with Crippen LogP contribution >= 0.6 is 0 Å². The summed E-state index contributed by atoms with van der Waals surface area (Å²) in [7, 11) is 0. The smallest absolute Gasteiger partial charge is 0.0724 e. The molecule has 0 amide bonds. The Balaban J connectivity index is 1.53. The van der Waals surface area contributed by atoms with Gasteiger partial charge in [-0.15, -0.1) is 0 Å². The standard InChI is InChI=1S/C13H17N3/c1-9-6-15-11(7-14-9)8-16-13-5-10-3-2-4-12(10)13/h2,4,6-7,10,12-13,16H,3,5,8H2,1H3. The minimum atomic E-state index is 0.659. The fraction of sp³-hybridized carbons (Fsp3) is 0.538. The molecule has 0 radical (unpaired) electrons. The van der Waals surface area contributed by atoms with Gasteiger partial charge in [-0.25, -0.2) is 0 Å². The maximum Gasteiger partial charge on any atom is 0.0724 e. The van der Waals surface area contributed by atoms with Crippen LogP contribution in [0.4, 0.5) is 0 Å². The highest BCUT2D eigenvalue weighted by Gasteiger charge is 2.40. The number of nitrogens with zero attached hydrogens (tertiary/aromatic N) is 2. The van der Waals surface area contributed by atoms with Crippen LogP contribution in [0.3, 0.4) is 0 Å². The summed E-state index contributed by atoms with van der Waals surface area (Å²) in [6.07, 6.45) is 11.0. The van der Waals surface area contributed by atoms with Gasteiger partial charge < -0.3 is 5.32 Å². The molecule has 16 heavy (non-hydrogen) atoms. The van der Waals surface area contributed by atoms with E-state index >= 15 is 0 Å². The zero-order chi connectivity index (χ0) is 11.0. The highest BCUT2D eigenvalue weighted by atomic mass is 15.0. The van der Waals surface area contributed by atoms with Gasteiger partial charge in [-0.05, 0) is 31.6 Å². The van der Waals surface area contributed by atoms with Gasteiger partial charge in [-0.1, -0.05) is 12.2 Å². The predicted molar refractivity (Wildman–Crippen MR) is 62.8 cm³/mol. The van der Waals surface area contributed by atoms with Gasteiger partial charge in [0.2, 0.25) is 0 Å². The normalized spacial score (nSPS) is 31.2. The summed E-state index contributed by atoms with van der Waals surface area (Å²) in [6, 6.07) is 0.659. The fourth-order valence-corrected chi connectivity index (χ4v) is 2.69. The minimum Gasteiger partial charge on any atom is -0.308 e. The molecule has 1 fully saturated rings. The van der Waals surface area contributed by atoms with Crippen molar-refractivity contribution in [3.63, 3.8) is 0 Å². The largest absolute Gasteiger partial charge is 0.308 e. The van der Waals surface area contributed by atoms with E-state index in [0.29, 0.717) is 6.04 Å². The molecule has 2 aliphatic carbocycles. The monoisotopic (exact) mass is 215 g/mol. The SMILES string of the molecule is Cc1cnc(CNC2CC3CC=CC32)cn1. The van der Waals surface area contributed by atoms with Crippen LogP contribution in [0.15, 0.2) is 24.5 Å². The molecule has 0 saturated heterocycles. The summed E-state index contributed by atoms with van der Waals surface area (Å²) in [5.41, 5.74) is 2.02. The molecule has 0 spiro atoms. The lowest BCUT2D eigenvalue weighted by molar-refractivity contribution is 0.161. The van der Waals surface area contributed by atoms with Crippen LogP contribution in [0, 0.1) is 18.8 Å². The average molecular weight is 215 g/mol. The highest BCUT2D eigenvalue weighted by Crippen LogP contribution is 2.42. The Morgan fingerprint density at radius 1 is 1.38 bits per heavy atom. The number of fused-ring (bicyclic) bond motifs is 1. The number of rotatable bonds is 3. The Morgan fingerprint density at radius 2 is 2.31 bits per heavy atom. The first kappa shape index (κ1) is 9.97. The summed E-state index contributed by atoms with van der Waals surface area (Å²) < 4.78 is 0. The molecule has 1 aromatic heterocycles. The lowest BCUT2D eigenvalue weighted by Crippen LogP contribution is -2.47. The molecular formula is C13H17N3. The van der Waals surface area contributed by atoms with Gasteiger partial charge in [0.05, 0.1) is 11.4 Å². The molecule has 0 bridgehead atoms. The number of aromatic nitrogens is 2. The fourth-order valence-electron chi connectivity index (χ4n) is 2.69. The first-order valence-corrected chi connectivity index (χ1v) is 6.00.